The normalized spacial score (nSPS) is 15.5. The molecule has 0 fully saturated rings. The zero-order chi connectivity index (χ0) is 20.0. The number of hydrogen-bond donors (Lipinski definition) is 0. The van der Waals surface area contributed by atoms with Gasteiger partial charge in [-0.25, -0.2) is 4.98 Å². The molecule has 3 atom stereocenters. The van der Waals surface area contributed by atoms with Crippen LogP contribution in [-0.2, 0) is 5.06 Å². The number of aryl methyl sites for hydroxylation is 1. The Balaban J connectivity index is 1.96. The van der Waals surface area contributed by atoms with E-state index in [9.17, 15) is 0 Å². The Kier molecular flexibility index (Phi) is 5.02. The first-order valence-electron chi connectivity index (χ1n) is 8.89. The van der Waals surface area contributed by atoms with Gasteiger partial charge >= 0.3 is 0 Å². The molecular formula is C19H25BN5OP. The zero-order valence-electron chi connectivity index (χ0n) is 16.7. The lowest BCUT2D eigenvalue weighted by atomic mass is 9.87. The van der Waals surface area contributed by atoms with Gasteiger partial charge in [0, 0.05) is 28.6 Å². The van der Waals surface area contributed by atoms with Gasteiger partial charge in [0.2, 0.25) is 5.88 Å². The van der Waals surface area contributed by atoms with Gasteiger partial charge in [0.15, 0.2) is 5.65 Å². The third kappa shape index (κ3) is 4.13. The van der Waals surface area contributed by atoms with Crippen LogP contribution in [0.15, 0.2) is 24.7 Å². The Morgan fingerprint density at radius 2 is 1.85 bits per heavy atom. The Bertz CT molecular complexity index is 974. The molecule has 0 saturated carbocycles. The average Bonchev–Trinajstić information content (AvgIpc) is 2.99. The van der Waals surface area contributed by atoms with Gasteiger partial charge in [-0.1, -0.05) is 27.7 Å². The predicted octanol–water partition coefficient (Wildman–Crippen LogP) is 3.52. The first-order chi connectivity index (χ1) is 12.5. The zero-order valence-corrected chi connectivity index (χ0v) is 17.8. The minimum absolute atomic E-state index is 0.0389. The molecule has 6 nitrogen and oxygen atoms in total. The summed E-state index contributed by atoms with van der Waals surface area (Å²) < 4.78 is 7.90. The molecule has 2 radical (unpaired) electrons. The van der Waals surface area contributed by atoms with Crippen molar-refractivity contribution in [2.24, 2.45) is 5.41 Å². The molecule has 0 aliphatic carbocycles. The fraction of sp³-hybridized carbons (Fsp3) is 0.474. The number of pyridine rings is 1. The summed E-state index contributed by atoms with van der Waals surface area (Å²) in [5.74, 6) is 1.29. The van der Waals surface area contributed by atoms with E-state index >= 15 is 0 Å². The molecule has 0 aliphatic rings. The van der Waals surface area contributed by atoms with Crippen molar-refractivity contribution >= 4 is 22.7 Å². The maximum Gasteiger partial charge on any atom is 0.216 e. The third-order valence-corrected chi connectivity index (χ3v) is 4.87. The molecule has 3 unspecified atom stereocenters. The molecule has 0 saturated heterocycles. The summed E-state index contributed by atoms with van der Waals surface area (Å²) in [5, 5.41) is 7.62. The number of fused-ring (bicyclic) bond motifs is 1. The fourth-order valence-electron chi connectivity index (χ4n) is 2.49. The Morgan fingerprint density at radius 3 is 2.44 bits per heavy atom. The number of rotatable bonds is 4. The van der Waals surface area contributed by atoms with Crippen molar-refractivity contribution in [3.63, 3.8) is 0 Å². The van der Waals surface area contributed by atoms with Gasteiger partial charge in [-0.05, 0) is 25.3 Å². The summed E-state index contributed by atoms with van der Waals surface area (Å²) in [4.78, 5) is 9.01. The highest BCUT2D eigenvalue weighted by atomic mass is 31.0. The van der Waals surface area contributed by atoms with E-state index in [-0.39, 0.29) is 11.5 Å². The van der Waals surface area contributed by atoms with Crippen molar-refractivity contribution in [1.82, 2.24) is 24.6 Å². The van der Waals surface area contributed by atoms with Crippen LogP contribution >= 0.6 is 9.24 Å². The molecule has 3 aromatic rings. The second kappa shape index (κ2) is 6.86. The second-order valence-electron chi connectivity index (χ2n) is 8.28. The molecular weight excluding hydrogens is 356 g/mol. The molecule has 0 spiro atoms. The highest BCUT2D eigenvalue weighted by Gasteiger charge is 2.23. The summed E-state index contributed by atoms with van der Waals surface area (Å²) in [5.41, 5.74) is 3.31. The van der Waals surface area contributed by atoms with Crippen molar-refractivity contribution in [3.8, 4) is 17.1 Å². The molecule has 3 heterocycles. The van der Waals surface area contributed by atoms with E-state index in [1.165, 1.54) is 0 Å². The van der Waals surface area contributed by atoms with Crippen LogP contribution in [0.3, 0.4) is 0 Å². The van der Waals surface area contributed by atoms with Crippen molar-refractivity contribution in [2.45, 2.75) is 52.7 Å². The minimum Gasteiger partial charge on any atom is -0.474 e. The van der Waals surface area contributed by atoms with Crippen molar-refractivity contribution < 1.29 is 4.74 Å². The van der Waals surface area contributed by atoms with Crippen LogP contribution in [0.4, 0.5) is 0 Å². The molecule has 3 rings (SSSR count). The first kappa shape index (κ1) is 19.7. The maximum absolute atomic E-state index is 6.17. The highest BCUT2D eigenvalue weighted by molar-refractivity contribution is 7.21. The summed E-state index contributed by atoms with van der Waals surface area (Å²) >= 11 is 0. The van der Waals surface area contributed by atoms with Crippen molar-refractivity contribution in [2.75, 3.05) is 0 Å². The van der Waals surface area contributed by atoms with E-state index < -0.39 is 5.06 Å². The molecule has 0 aliphatic heterocycles. The van der Waals surface area contributed by atoms with Crippen LogP contribution in [0.1, 0.15) is 46.0 Å². The van der Waals surface area contributed by atoms with Gasteiger partial charge in [-0.2, -0.15) is 0 Å². The Labute approximate surface area is 163 Å². The largest absolute Gasteiger partial charge is 0.474 e. The molecule has 0 aromatic carbocycles. The molecule has 0 N–H and O–H groups in total. The molecule has 3 aromatic heterocycles. The summed E-state index contributed by atoms with van der Waals surface area (Å²) in [6.07, 6.45) is 5.39. The van der Waals surface area contributed by atoms with Crippen molar-refractivity contribution in [1.29, 1.82) is 0 Å². The van der Waals surface area contributed by atoms with Gasteiger partial charge < -0.3 is 4.74 Å². The quantitative estimate of drug-likeness (QED) is 0.511. The fourth-order valence-corrected chi connectivity index (χ4v) is 2.68. The van der Waals surface area contributed by atoms with Gasteiger partial charge in [-0.3, -0.25) is 9.38 Å². The monoisotopic (exact) mass is 381 g/mol. The van der Waals surface area contributed by atoms with Crippen LogP contribution in [0.2, 0.25) is 0 Å². The standard InChI is InChI=1S/C19H25BN5OP/c1-11-7-13(8-22-16(11)26-12(2)18(3,4)5)14-10-25-15(9-21-14)23-24-17(25)19(6,20)27/h7-10,12H,27H2,1-6H3. The van der Waals surface area contributed by atoms with E-state index in [1.807, 2.05) is 30.5 Å². The SMILES string of the molecule is [B]C(C)(P)c1nnc2cnc(-c3cnc(OC(C)C(C)(C)C)c(C)c3)cn12. The molecule has 0 amide bonds. The van der Waals surface area contributed by atoms with Crippen LogP contribution < -0.4 is 4.74 Å². The molecule has 0 bridgehead atoms. The Morgan fingerprint density at radius 1 is 1.15 bits per heavy atom. The lowest BCUT2D eigenvalue weighted by molar-refractivity contribution is 0.0977. The lowest BCUT2D eigenvalue weighted by Gasteiger charge is -2.27. The van der Waals surface area contributed by atoms with Crippen LogP contribution in [0, 0.1) is 12.3 Å². The molecule has 8 heteroatoms. The van der Waals surface area contributed by atoms with Gasteiger partial charge in [0.05, 0.1) is 19.7 Å². The van der Waals surface area contributed by atoms with Gasteiger partial charge in [0.25, 0.3) is 0 Å². The summed E-state index contributed by atoms with van der Waals surface area (Å²) in [7, 11) is 8.75. The lowest BCUT2D eigenvalue weighted by Crippen LogP contribution is -2.29. The van der Waals surface area contributed by atoms with E-state index in [4.69, 9.17) is 12.6 Å². The van der Waals surface area contributed by atoms with Gasteiger partial charge in [0.1, 0.15) is 11.9 Å². The number of aromatic nitrogens is 5. The number of nitrogens with zero attached hydrogens (tertiary/aromatic N) is 5. The van der Waals surface area contributed by atoms with E-state index in [2.05, 4.69) is 57.1 Å². The van der Waals surface area contributed by atoms with Crippen LogP contribution in [-0.4, -0.2) is 38.5 Å². The minimum atomic E-state index is -0.688. The summed E-state index contributed by atoms with van der Waals surface area (Å²) in [6, 6.07) is 2.03. The topological polar surface area (TPSA) is 65.2 Å². The Hall–Kier alpha value is -2.01. The van der Waals surface area contributed by atoms with Gasteiger partial charge in [-0.15, -0.1) is 19.4 Å². The molecule has 27 heavy (non-hydrogen) atoms. The average molecular weight is 381 g/mol. The van der Waals surface area contributed by atoms with Crippen LogP contribution in [0.5, 0.6) is 5.88 Å². The molecule has 140 valence electrons. The second-order valence-corrected chi connectivity index (χ2v) is 9.48. The third-order valence-electron chi connectivity index (χ3n) is 4.61. The summed E-state index contributed by atoms with van der Waals surface area (Å²) in [6.45, 7) is 12.4. The predicted molar refractivity (Wildman–Crippen MR) is 111 cm³/mol. The van der Waals surface area contributed by atoms with Crippen molar-refractivity contribution in [3.05, 3.63) is 36.0 Å². The van der Waals surface area contributed by atoms with E-state index in [0.29, 0.717) is 17.4 Å². The highest BCUT2D eigenvalue weighted by Crippen LogP contribution is 2.29. The first-order valence-corrected chi connectivity index (χ1v) is 9.47. The maximum atomic E-state index is 6.17. The van der Waals surface area contributed by atoms with Crippen LogP contribution in [0.25, 0.3) is 16.9 Å². The number of hydrogen-bond acceptors (Lipinski definition) is 5. The smallest absolute Gasteiger partial charge is 0.216 e. The van der Waals surface area contributed by atoms with E-state index in [0.717, 1.165) is 16.8 Å². The number of ether oxygens (including phenoxy) is 1. The van der Waals surface area contributed by atoms with E-state index in [1.54, 1.807) is 12.4 Å².